The lowest BCUT2D eigenvalue weighted by Crippen LogP contribution is -2.09. The minimum Gasteiger partial charge on any atom is -0.493 e. The number of ether oxygens (including phenoxy) is 1. The molecule has 1 unspecified atom stereocenters. The standard InChI is InChI=1S/C17H19NO/c1-2-16(18-15-6-4-3-5-7-15)13-8-9-17-14(12-13)10-11-19-17/h3-9,12,16,18H,2,10-11H2,1H3. The molecule has 0 amide bonds. The molecule has 0 aliphatic carbocycles. The number of hydrogen-bond acceptors (Lipinski definition) is 2. The summed E-state index contributed by atoms with van der Waals surface area (Å²) in [4.78, 5) is 0. The van der Waals surface area contributed by atoms with E-state index in [4.69, 9.17) is 4.74 Å². The molecule has 0 fully saturated rings. The van der Waals surface area contributed by atoms with Crippen molar-refractivity contribution in [2.45, 2.75) is 25.8 Å². The molecular formula is C17H19NO. The first-order chi connectivity index (χ1) is 9.36. The number of para-hydroxylation sites is 1. The summed E-state index contributed by atoms with van der Waals surface area (Å²) < 4.78 is 5.56. The third kappa shape index (κ3) is 2.58. The van der Waals surface area contributed by atoms with Gasteiger partial charge in [-0.1, -0.05) is 31.2 Å². The van der Waals surface area contributed by atoms with Gasteiger partial charge in [0.25, 0.3) is 0 Å². The van der Waals surface area contributed by atoms with E-state index in [-0.39, 0.29) is 0 Å². The van der Waals surface area contributed by atoms with E-state index in [0.717, 1.165) is 25.2 Å². The first-order valence-electron chi connectivity index (χ1n) is 6.94. The van der Waals surface area contributed by atoms with Gasteiger partial charge in [0.1, 0.15) is 5.75 Å². The van der Waals surface area contributed by atoms with Gasteiger partial charge in [0, 0.05) is 12.1 Å². The van der Waals surface area contributed by atoms with E-state index in [9.17, 15) is 0 Å². The normalized spacial score (nSPS) is 14.6. The quantitative estimate of drug-likeness (QED) is 0.882. The molecule has 0 spiro atoms. The lowest BCUT2D eigenvalue weighted by molar-refractivity contribution is 0.357. The predicted molar refractivity (Wildman–Crippen MR) is 78.7 cm³/mol. The van der Waals surface area contributed by atoms with E-state index in [2.05, 4.69) is 54.7 Å². The maximum atomic E-state index is 5.56. The molecule has 2 heteroatoms. The lowest BCUT2D eigenvalue weighted by atomic mass is 10.0. The summed E-state index contributed by atoms with van der Waals surface area (Å²) in [5.41, 5.74) is 3.85. The molecule has 0 saturated heterocycles. The first kappa shape index (κ1) is 12.1. The zero-order chi connectivity index (χ0) is 13.1. The summed E-state index contributed by atoms with van der Waals surface area (Å²) in [5.74, 6) is 1.05. The van der Waals surface area contributed by atoms with Crippen LogP contribution in [0.25, 0.3) is 0 Å². The zero-order valence-electron chi connectivity index (χ0n) is 11.2. The van der Waals surface area contributed by atoms with Gasteiger partial charge in [-0.25, -0.2) is 0 Å². The minimum atomic E-state index is 0.355. The molecular weight excluding hydrogens is 234 g/mol. The molecule has 1 atom stereocenters. The van der Waals surface area contributed by atoms with Crippen molar-refractivity contribution in [1.82, 2.24) is 0 Å². The Bertz CT molecular complexity index is 550. The van der Waals surface area contributed by atoms with Crippen LogP contribution in [0, 0.1) is 0 Å². The minimum absolute atomic E-state index is 0.355. The molecule has 2 aromatic rings. The number of anilines is 1. The lowest BCUT2D eigenvalue weighted by Gasteiger charge is -2.19. The monoisotopic (exact) mass is 253 g/mol. The third-order valence-corrected chi connectivity index (χ3v) is 3.64. The third-order valence-electron chi connectivity index (χ3n) is 3.64. The van der Waals surface area contributed by atoms with Gasteiger partial charge in [-0.3, -0.25) is 0 Å². The van der Waals surface area contributed by atoms with Crippen LogP contribution < -0.4 is 10.1 Å². The number of fused-ring (bicyclic) bond motifs is 1. The van der Waals surface area contributed by atoms with Crippen molar-refractivity contribution in [3.63, 3.8) is 0 Å². The zero-order valence-corrected chi connectivity index (χ0v) is 11.2. The first-order valence-corrected chi connectivity index (χ1v) is 6.94. The second-order valence-electron chi connectivity index (χ2n) is 4.94. The van der Waals surface area contributed by atoms with Gasteiger partial charge in [-0.15, -0.1) is 0 Å². The van der Waals surface area contributed by atoms with Crippen LogP contribution in [0.2, 0.25) is 0 Å². The van der Waals surface area contributed by atoms with Crippen molar-refractivity contribution in [3.8, 4) is 5.75 Å². The van der Waals surface area contributed by atoms with E-state index < -0.39 is 0 Å². The number of benzene rings is 2. The van der Waals surface area contributed by atoms with Crippen molar-refractivity contribution >= 4 is 5.69 Å². The molecule has 0 aromatic heterocycles. The summed E-state index contributed by atoms with van der Waals surface area (Å²) >= 11 is 0. The van der Waals surface area contributed by atoms with Crippen LogP contribution >= 0.6 is 0 Å². The van der Waals surface area contributed by atoms with Gasteiger partial charge in [0.2, 0.25) is 0 Å². The molecule has 1 aliphatic rings. The van der Waals surface area contributed by atoms with Crippen LogP contribution in [0.15, 0.2) is 48.5 Å². The number of hydrogen-bond donors (Lipinski definition) is 1. The van der Waals surface area contributed by atoms with Crippen LogP contribution in [0.3, 0.4) is 0 Å². The van der Waals surface area contributed by atoms with Crippen molar-refractivity contribution in [1.29, 1.82) is 0 Å². The molecule has 0 saturated carbocycles. The molecule has 3 rings (SSSR count). The average Bonchev–Trinajstić information content (AvgIpc) is 2.93. The fraction of sp³-hybridized carbons (Fsp3) is 0.294. The smallest absolute Gasteiger partial charge is 0.122 e. The molecule has 2 aromatic carbocycles. The van der Waals surface area contributed by atoms with Crippen molar-refractivity contribution < 1.29 is 4.74 Å². The molecule has 0 radical (unpaired) electrons. The van der Waals surface area contributed by atoms with E-state index in [1.165, 1.54) is 16.8 Å². The van der Waals surface area contributed by atoms with E-state index >= 15 is 0 Å². The molecule has 1 aliphatic heterocycles. The van der Waals surface area contributed by atoms with Gasteiger partial charge in [0.05, 0.1) is 12.6 Å². The Hall–Kier alpha value is -1.96. The SMILES string of the molecule is CCC(Nc1ccccc1)c1ccc2c(c1)CCO2. The summed E-state index contributed by atoms with van der Waals surface area (Å²) in [5, 5.41) is 3.60. The Morgan fingerprint density at radius 2 is 2.00 bits per heavy atom. The Balaban J connectivity index is 1.82. The van der Waals surface area contributed by atoms with Gasteiger partial charge in [0.15, 0.2) is 0 Å². The predicted octanol–water partition coefficient (Wildman–Crippen LogP) is 4.18. The Kier molecular flexibility index (Phi) is 3.41. The van der Waals surface area contributed by atoms with Gasteiger partial charge in [-0.2, -0.15) is 0 Å². The Labute approximate surface area is 114 Å². The number of nitrogens with one attached hydrogen (secondary N) is 1. The Morgan fingerprint density at radius 3 is 2.79 bits per heavy atom. The molecule has 0 bridgehead atoms. The fourth-order valence-corrected chi connectivity index (χ4v) is 2.58. The summed E-state index contributed by atoms with van der Waals surface area (Å²) in [6.07, 6.45) is 2.10. The Morgan fingerprint density at radius 1 is 1.16 bits per heavy atom. The van der Waals surface area contributed by atoms with E-state index in [0.29, 0.717) is 6.04 Å². The van der Waals surface area contributed by atoms with E-state index in [1.54, 1.807) is 0 Å². The maximum Gasteiger partial charge on any atom is 0.122 e. The van der Waals surface area contributed by atoms with Gasteiger partial charge in [-0.05, 0) is 41.8 Å². The highest BCUT2D eigenvalue weighted by atomic mass is 16.5. The van der Waals surface area contributed by atoms with Crippen LogP contribution in [0.5, 0.6) is 5.75 Å². The summed E-state index contributed by atoms with van der Waals surface area (Å²) in [7, 11) is 0. The fourth-order valence-electron chi connectivity index (χ4n) is 2.58. The highest BCUT2D eigenvalue weighted by Crippen LogP contribution is 2.30. The second kappa shape index (κ2) is 5.35. The average molecular weight is 253 g/mol. The maximum absolute atomic E-state index is 5.56. The highest BCUT2D eigenvalue weighted by molar-refractivity contribution is 5.47. The molecule has 19 heavy (non-hydrogen) atoms. The highest BCUT2D eigenvalue weighted by Gasteiger charge is 2.15. The van der Waals surface area contributed by atoms with Crippen LogP contribution in [-0.4, -0.2) is 6.61 Å². The van der Waals surface area contributed by atoms with Gasteiger partial charge < -0.3 is 10.1 Å². The molecule has 1 N–H and O–H groups in total. The van der Waals surface area contributed by atoms with Crippen LogP contribution in [-0.2, 0) is 6.42 Å². The van der Waals surface area contributed by atoms with Gasteiger partial charge >= 0.3 is 0 Å². The number of rotatable bonds is 4. The largest absolute Gasteiger partial charge is 0.493 e. The second-order valence-corrected chi connectivity index (χ2v) is 4.94. The van der Waals surface area contributed by atoms with Crippen LogP contribution in [0.1, 0.15) is 30.5 Å². The van der Waals surface area contributed by atoms with E-state index in [1.807, 2.05) is 6.07 Å². The molecule has 1 heterocycles. The van der Waals surface area contributed by atoms with Crippen molar-refractivity contribution in [2.75, 3.05) is 11.9 Å². The molecule has 98 valence electrons. The molecule has 2 nitrogen and oxygen atoms in total. The van der Waals surface area contributed by atoms with Crippen molar-refractivity contribution in [2.24, 2.45) is 0 Å². The summed E-state index contributed by atoms with van der Waals surface area (Å²) in [6.45, 7) is 3.03. The topological polar surface area (TPSA) is 21.3 Å². The summed E-state index contributed by atoms with van der Waals surface area (Å²) in [6, 6.07) is 17.3. The van der Waals surface area contributed by atoms with Crippen LogP contribution in [0.4, 0.5) is 5.69 Å². The van der Waals surface area contributed by atoms with Crippen molar-refractivity contribution in [3.05, 3.63) is 59.7 Å².